The van der Waals surface area contributed by atoms with Crippen LogP contribution in [0.2, 0.25) is 5.02 Å². The van der Waals surface area contributed by atoms with E-state index in [0.717, 1.165) is 24.0 Å². The first-order valence-electron chi connectivity index (χ1n) is 3.92. The molecule has 1 aromatic carbocycles. The third kappa shape index (κ3) is 1.14. The molecule has 1 aliphatic carbocycles. The highest BCUT2D eigenvalue weighted by molar-refractivity contribution is 6.31. The minimum Gasteiger partial charge on any atom is -0.205 e. The molecule has 62 valence electrons. The molecule has 2 heteroatoms. The van der Waals surface area contributed by atoms with Crippen molar-refractivity contribution in [1.29, 1.82) is 0 Å². The van der Waals surface area contributed by atoms with Gasteiger partial charge in [-0.3, -0.25) is 0 Å². The number of allylic oxidation sites excluding steroid dienone is 1. The van der Waals surface area contributed by atoms with Crippen LogP contribution >= 0.6 is 11.6 Å². The average molecular weight is 183 g/mol. The molecule has 0 bridgehead atoms. The molecule has 0 nitrogen and oxygen atoms in total. The highest BCUT2D eigenvalue weighted by Gasteiger charge is 2.11. The van der Waals surface area contributed by atoms with Gasteiger partial charge in [-0.05, 0) is 30.0 Å². The Morgan fingerprint density at radius 3 is 3.00 bits per heavy atom. The second-order valence-electron chi connectivity index (χ2n) is 2.87. The second-order valence-corrected chi connectivity index (χ2v) is 3.25. The number of halogens is 2. The van der Waals surface area contributed by atoms with Gasteiger partial charge in [0.1, 0.15) is 5.82 Å². The Kier molecular flexibility index (Phi) is 1.89. The molecule has 2 rings (SSSR count). The predicted octanol–water partition coefficient (Wildman–Crippen LogP) is 3.44. The van der Waals surface area contributed by atoms with E-state index in [1.54, 1.807) is 6.07 Å². The molecular weight excluding hydrogens is 175 g/mol. The van der Waals surface area contributed by atoms with Gasteiger partial charge in [-0.25, -0.2) is 4.39 Å². The fourth-order valence-corrected chi connectivity index (χ4v) is 1.72. The number of fused-ring (bicyclic) bond motifs is 1. The fraction of sp³-hybridized carbons (Fsp3) is 0.200. The molecule has 0 spiro atoms. The molecule has 12 heavy (non-hydrogen) atoms. The first-order valence-corrected chi connectivity index (χ1v) is 4.30. The van der Waals surface area contributed by atoms with Crippen LogP contribution in [0.15, 0.2) is 18.2 Å². The van der Waals surface area contributed by atoms with Gasteiger partial charge >= 0.3 is 0 Å². The zero-order valence-electron chi connectivity index (χ0n) is 6.48. The summed E-state index contributed by atoms with van der Waals surface area (Å²) in [5.74, 6) is -0.314. The van der Waals surface area contributed by atoms with Crippen LogP contribution in [0.5, 0.6) is 0 Å². The molecule has 0 aromatic heterocycles. The Morgan fingerprint density at radius 2 is 2.17 bits per heavy atom. The van der Waals surface area contributed by atoms with Crippen molar-refractivity contribution in [2.75, 3.05) is 0 Å². The molecular formula is C10H8ClF. The Morgan fingerprint density at radius 1 is 1.33 bits per heavy atom. The van der Waals surface area contributed by atoms with E-state index in [2.05, 4.69) is 6.08 Å². The van der Waals surface area contributed by atoms with Crippen LogP contribution in [-0.4, -0.2) is 0 Å². The second kappa shape index (κ2) is 2.91. The van der Waals surface area contributed by atoms with E-state index in [1.807, 2.05) is 6.08 Å². The molecule has 0 heterocycles. The molecule has 0 aliphatic heterocycles. The van der Waals surface area contributed by atoms with Crippen molar-refractivity contribution < 1.29 is 4.39 Å². The zero-order chi connectivity index (χ0) is 8.55. The first kappa shape index (κ1) is 7.81. The van der Waals surface area contributed by atoms with Gasteiger partial charge in [0, 0.05) is 0 Å². The van der Waals surface area contributed by atoms with E-state index in [1.165, 1.54) is 6.07 Å². The first-order chi connectivity index (χ1) is 5.79. The standard InChI is InChI=1S/C10H8ClF/c11-10-8-4-2-1-3-7(8)5-6-9(10)12/h1,3,5-6H,2,4H2. The van der Waals surface area contributed by atoms with Crippen molar-refractivity contribution in [3.05, 3.63) is 40.2 Å². The van der Waals surface area contributed by atoms with Gasteiger partial charge in [0.05, 0.1) is 5.02 Å². The van der Waals surface area contributed by atoms with E-state index in [-0.39, 0.29) is 10.8 Å². The average Bonchev–Trinajstić information content (AvgIpc) is 2.12. The molecule has 0 N–H and O–H groups in total. The Hall–Kier alpha value is -0.820. The summed E-state index contributed by atoms with van der Waals surface area (Å²) in [5.41, 5.74) is 1.99. The Bertz CT molecular complexity index is 342. The van der Waals surface area contributed by atoms with Crippen molar-refractivity contribution in [2.24, 2.45) is 0 Å². The summed E-state index contributed by atoms with van der Waals surface area (Å²) >= 11 is 5.80. The highest BCUT2D eigenvalue weighted by Crippen LogP contribution is 2.28. The van der Waals surface area contributed by atoms with E-state index in [0.29, 0.717) is 0 Å². The van der Waals surface area contributed by atoms with Crippen LogP contribution in [0, 0.1) is 5.82 Å². The van der Waals surface area contributed by atoms with Crippen LogP contribution in [0.25, 0.3) is 6.08 Å². The quantitative estimate of drug-likeness (QED) is 0.577. The Balaban J connectivity index is 2.63. The maximum absolute atomic E-state index is 13.0. The molecule has 0 atom stereocenters. The molecule has 1 aromatic rings. The highest BCUT2D eigenvalue weighted by atomic mass is 35.5. The van der Waals surface area contributed by atoms with Crippen molar-refractivity contribution in [2.45, 2.75) is 12.8 Å². The van der Waals surface area contributed by atoms with E-state index in [9.17, 15) is 4.39 Å². The summed E-state index contributed by atoms with van der Waals surface area (Å²) in [4.78, 5) is 0. The lowest BCUT2D eigenvalue weighted by molar-refractivity contribution is 0.625. The van der Waals surface area contributed by atoms with E-state index >= 15 is 0 Å². The summed E-state index contributed by atoms with van der Waals surface area (Å²) in [5, 5.41) is 0.289. The Labute approximate surface area is 75.7 Å². The lowest BCUT2D eigenvalue weighted by Crippen LogP contribution is -1.96. The lowest BCUT2D eigenvalue weighted by atomic mass is 9.97. The molecule has 0 fully saturated rings. The minimum atomic E-state index is -0.314. The molecule has 0 unspecified atom stereocenters. The molecule has 0 radical (unpaired) electrons. The van der Waals surface area contributed by atoms with Crippen LogP contribution in [0.1, 0.15) is 17.5 Å². The predicted molar refractivity (Wildman–Crippen MR) is 48.8 cm³/mol. The van der Waals surface area contributed by atoms with Gasteiger partial charge in [-0.2, -0.15) is 0 Å². The van der Waals surface area contributed by atoms with Gasteiger partial charge in [-0.15, -0.1) is 0 Å². The fourth-order valence-electron chi connectivity index (χ4n) is 1.46. The number of benzene rings is 1. The van der Waals surface area contributed by atoms with Crippen molar-refractivity contribution in [1.82, 2.24) is 0 Å². The van der Waals surface area contributed by atoms with Crippen LogP contribution < -0.4 is 0 Å². The molecule has 0 saturated carbocycles. The van der Waals surface area contributed by atoms with Crippen LogP contribution in [0.3, 0.4) is 0 Å². The van der Waals surface area contributed by atoms with Crippen LogP contribution in [0.4, 0.5) is 4.39 Å². The van der Waals surface area contributed by atoms with E-state index in [4.69, 9.17) is 11.6 Å². The van der Waals surface area contributed by atoms with E-state index < -0.39 is 0 Å². The summed E-state index contributed by atoms with van der Waals surface area (Å²) in [6.07, 6.45) is 5.87. The van der Waals surface area contributed by atoms with Gasteiger partial charge in [0.25, 0.3) is 0 Å². The molecule has 0 amide bonds. The topological polar surface area (TPSA) is 0 Å². The minimum absolute atomic E-state index is 0.289. The van der Waals surface area contributed by atoms with Gasteiger partial charge in [0.15, 0.2) is 0 Å². The summed E-state index contributed by atoms with van der Waals surface area (Å²) in [6, 6.07) is 3.18. The van der Waals surface area contributed by atoms with Gasteiger partial charge in [-0.1, -0.05) is 29.8 Å². The zero-order valence-corrected chi connectivity index (χ0v) is 7.24. The number of hydrogen-bond acceptors (Lipinski definition) is 0. The smallest absolute Gasteiger partial charge is 0.142 e. The summed E-state index contributed by atoms with van der Waals surface area (Å²) < 4.78 is 13.0. The molecule has 1 aliphatic rings. The van der Waals surface area contributed by atoms with Crippen molar-refractivity contribution in [3.63, 3.8) is 0 Å². The molecule has 0 saturated heterocycles. The SMILES string of the molecule is Fc1ccc2c(c1Cl)CCC=C2. The third-order valence-electron chi connectivity index (χ3n) is 2.09. The number of hydrogen-bond donors (Lipinski definition) is 0. The number of rotatable bonds is 0. The third-order valence-corrected chi connectivity index (χ3v) is 2.50. The normalized spacial score (nSPS) is 14.5. The van der Waals surface area contributed by atoms with Gasteiger partial charge < -0.3 is 0 Å². The van der Waals surface area contributed by atoms with Gasteiger partial charge in [0.2, 0.25) is 0 Å². The lowest BCUT2D eigenvalue weighted by Gasteiger charge is -2.11. The van der Waals surface area contributed by atoms with Crippen LogP contribution in [-0.2, 0) is 6.42 Å². The summed E-state index contributed by atoms with van der Waals surface area (Å²) in [7, 11) is 0. The monoisotopic (exact) mass is 182 g/mol. The van der Waals surface area contributed by atoms with Crippen molar-refractivity contribution >= 4 is 17.7 Å². The summed E-state index contributed by atoms with van der Waals surface area (Å²) in [6.45, 7) is 0. The largest absolute Gasteiger partial charge is 0.205 e. The van der Waals surface area contributed by atoms with Crippen molar-refractivity contribution in [3.8, 4) is 0 Å². The maximum Gasteiger partial charge on any atom is 0.142 e. The maximum atomic E-state index is 13.0.